The second kappa shape index (κ2) is 8.29. The number of halogens is 2. The molecule has 1 amide bonds. The van der Waals surface area contributed by atoms with Crippen molar-refractivity contribution < 1.29 is 13.6 Å². The standard InChI is InChI=1S/C24H19F2N3O/c1-16-5-6-17(14-29-12-11-27-15-29)13-20(16)18-7-9-19(10-8-18)28-24(30)23-21(25)3-2-4-22(23)26/h2-13,15H,14H2,1H3,(H,28,30). The van der Waals surface area contributed by atoms with Crippen LogP contribution in [0.1, 0.15) is 21.5 Å². The van der Waals surface area contributed by atoms with Gasteiger partial charge >= 0.3 is 0 Å². The molecule has 1 N–H and O–H groups in total. The van der Waals surface area contributed by atoms with E-state index in [-0.39, 0.29) is 0 Å². The van der Waals surface area contributed by atoms with Crippen LogP contribution >= 0.6 is 0 Å². The van der Waals surface area contributed by atoms with Crippen LogP contribution in [0.15, 0.2) is 79.4 Å². The molecule has 0 unspecified atom stereocenters. The highest BCUT2D eigenvalue weighted by Gasteiger charge is 2.17. The first-order valence-electron chi connectivity index (χ1n) is 9.42. The highest BCUT2D eigenvalue weighted by molar-refractivity contribution is 6.04. The summed E-state index contributed by atoms with van der Waals surface area (Å²) in [4.78, 5) is 16.3. The fraction of sp³-hybridized carbons (Fsp3) is 0.0833. The molecule has 4 aromatic rings. The van der Waals surface area contributed by atoms with E-state index in [1.165, 1.54) is 6.07 Å². The number of imidazole rings is 1. The van der Waals surface area contributed by atoms with Crippen LogP contribution in [0.3, 0.4) is 0 Å². The molecule has 1 aromatic heterocycles. The zero-order valence-corrected chi connectivity index (χ0v) is 16.3. The van der Waals surface area contributed by atoms with Gasteiger partial charge in [-0.3, -0.25) is 4.79 Å². The van der Waals surface area contributed by atoms with Crippen molar-refractivity contribution in [3.63, 3.8) is 0 Å². The molecule has 0 aliphatic heterocycles. The Hall–Kier alpha value is -3.80. The van der Waals surface area contributed by atoms with Gasteiger partial charge in [0, 0.05) is 24.6 Å². The van der Waals surface area contributed by atoms with Gasteiger partial charge < -0.3 is 9.88 Å². The minimum absolute atomic E-state index is 0.457. The highest BCUT2D eigenvalue weighted by Crippen LogP contribution is 2.27. The summed E-state index contributed by atoms with van der Waals surface area (Å²) in [5.41, 5.74) is 4.18. The number of aromatic nitrogens is 2. The number of carbonyl (C=O) groups is 1. The topological polar surface area (TPSA) is 46.9 Å². The monoisotopic (exact) mass is 403 g/mol. The van der Waals surface area contributed by atoms with Crippen molar-refractivity contribution in [1.82, 2.24) is 9.55 Å². The molecule has 1 heterocycles. The van der Waals surface area contributed by atoms with Crippen LogP contribution in [0.5, 0.6) is 0 Å². The molecule has 3 aromatic carbocycles. The summed E-state index contributed by atoms with van der Waals surface area (Å²) < 4.78 is 29.6. The maximum absolute atomic E-state index is 13.8. The Morgan fingerprint density at radius 2 is 1.77 bits per heavy atom. The number of hydrogen-bond donors (Lipinski definition) is 1. The van der Waals surface area contributed by atoms with E-state index in [0.29, 0.717) is 5.69 Å². The van der Waals surface area contributed by atoms with Gasteiger partial charge in [0.2, 0.25) is 0 Å². The maximum atomic E-state index is 13.8. The second-order valence-corrected chi connectivity index (χ2v) is 7.01. The molecule has 0 atom stereocenters. The van der Waals surface area contributed by atoms with Gasteiger partial charge in [-0.05, 0) is 59.5 Å². The third-order valence-electron chi connectivity index (χ3n) is 4.87. The van der Waals surface area contributed by atoms with Crippen molar-refractivity contribution in [2.45, 2.75) is 13.5 Å². The number of anilines is 1. The number of rotatable bonds is 5. The van der Waals surface area contributed by atoms with E-state index in [2.05, 4.69) is 28.5 Å². The average molecular weight is 403 g/mol. The summed E-state index contributed by atoms with van der Waals surface area (Å²) >= 11 is 0. The second-order valence-electron chi connectivity index (χ2n) is 7.01. The highest BCUT2D eigenvalue weighted by atomic mass is 19.1. The Bertz CT molecular complexity index is 1170. The van der Waals surface area contributed by atoms with E-state index in [1.54, 1.807) is 24.7 Å². The molecule has 150 valence electrons. The number of aryl methyl sites for hydroxylation is 1. The van der Waals surface area contributed by atoms with E-state index in [9.17, 15) is 13.6 Å². The van der Waals surface area contributed by atoms with Crippen molar-refractivity contribution in [2.75, 3.05) is 5.32 Å². The first-order chi connectivity index (χ1) is 14.5. The fourth-order valence-corrected chi connectivity index (χ4v) is 3.31. The first-order valence-corrected chi connectivity index (χ1v) is 9.42. The summed E-state index contributed by atoms with van der Waals surface area (Å²) in [6.45, 7) is 2.75. The number of hydrogen-bond acceptors (Lipinski definition) is 2. The smallest absolute Gasteiger partial charge is 0.261 e. The van der Waals surface area contributed by atoms with Crippen LogP contribution < -0.4 is 5.32 Å². The van der Waals surface area contributed by atoms with Gasteiger partial charge in [-0.15, -0.1) is 0 Å². The van der Waals surface area contributed by atoms with Gasteiger partial charge in [0.05, 0.1) is 6.33 Å². The maximum Gasteiger partial charge on any atom is 0.261 e. The van der Waals surface area contributed by atoms with Crippen molar-refractivity contribution >= 4 is 11.6 Å². The lowest BCUT2D eigenvalue weighted by atomic mass is 9.98. The number of nitrogens with zero attached hydrogens (tertiary/aromatic N) is 2. The van der Waals surface area contributed by atoms with Gasteiger partial charge in [-0.2, -0.15) is 0 Å². The molecule has 0 saturated carbocycles. The molecule has 6 heteroatoms. The van der Waals surface area contributed by atoms with Gasteiger partial charge in [0.25, 0.3) is 5.91 Å². The van der Waals surface area contributed by atoms with Crippen molar-refractivity contribution in [2.24, 2.45) is 0 Å². The van der Waals surface area contributed by atoms with Crippen LogP contribution in [0.2, 0.25) is 0 Å². The molecule has 0 fully saturated rings. The zero-order valence-electron chi connectivity index (χ0n) is 16.3. The summed E-state index contributed by atoms with van der Waals surface area (Å²) in [6, 6.07) is 16.8. The number of amides is 1. The molecule has 0 aliphatic rings. The minimum Gasteiger partial charge on any atom is -0.333 e. The average Bonchev–Trinajstić information content (AvgIpc) is 3.23. The number of nitrogens with one attached hydrogen (secondary N) is 1. The Kier molecular flexibility index (Phi) is 5.39. The zero-order chi connectivity index (χ0) is 21.1. The molecule has 0 saturated heterocycles. The quantitative estimate of drug-likeness (QED) is 0.483. The molecular weight excluding hydrogens is 384 g/mol. The minimum atomic E-state index is -0.894. The lowest BCUT2D eigenvalue weighted by molar-refractivity contribution is 0.101. The van der Waals surface area contributed by atoms with Crippen molar-refractivity contribution in [1.29, 1.82) is 0 Å². The summed E-state index contributed by atoms with van der Waals surface area (Å²) in [5.74, 6) is -2.61. The molecule has 0 bridgehead atoms. The van der Waals surface area contributed by atoms with Crippen molar-refractivity contribution in [3.05, 3.63) is 108 Å². The first kappa shape index (κ1) is 19.5. The predicted octanol–water partition coefficient (Wildman–Crippen LogP) is 5.44. The van der Waals surface area contributed by atoms with Gasteiger partial charge in [-0.1, -0.05) is 30.3 Å². The summed E-state index contributed by atoms with van der Waals surface area (Å²) in [6.07, 6.45) is 5.43. The molecular formula is C24H19F2N3O. The Morgan fingerprint density at radius 1 is 1.03 bits per heavy atom. The van der Waals surface area contributed by atoms with E-state index < -0.39 is 23.1 Å². The van der Waals surface area contributed by atoms with Gasteiger partial charge in [0.15, 0.2) is 0 Å². The molecule has 0 radical (unpaired) electrons. The van der Waals surface area contributed by atoms with E-state index in [0.717, 1.165) is 40.9 Å². The molecule has 4 nitrogen and oxygen atoms in total. The predicted molar refractivity (Wildman–Crippen MR) is 112 cm³/mol. The van der Waals surface area contributed by atoms with Crippen molar-refractivity contribution in [3.8, 4) is 11.1 Å². The van der Waals surface area contributed by atoms with Crippen LogP contribution in [-0.4, -0.2) is 15.5 Å². The molecule has 0 aliphatic carbocycles. The van der Waals surface area contributed by atoms with E-state index >= 15 is 0 Å². The molecule has 0 spiro atoms. The van der Waals surface area contributed by atoms with E-state index in [1.807, 2.05) is 29.8 Å². The normalized spacial score (nSPS) is 10.8. The SMILES string of the molecule is Cc1ccc(Cn2ccnc2)cc1-c1ccc(NC(=O)c2c(F)cccc2F)cc1. The Morgan fingerprint density at radius 3 is 2.43 bits per heavy atom. The van der Waals surface area contributed by atoms with E-state index in [4.69, 9.17) is 0 Å². The molecule has 4 rings (SSSR count). The van der Waals surface area contributed by atoms with Crippen LogP contribution in [0, 0.1) is 18.6 Å². The van der Waals surface area contributed by atoms with Gasteiger partial charge in [-0.25, -0.2) is 13.8 Å². The summed E-state index contributed by atoms with van der Waals surface area (Å²) in [7, 11) is 0. The number of benzene rings is 3. The lowest BCUT2D eigenvalue weighted by Crippen LogP contribution is -2.15. The largest absolute Gasteiger partial charge is 0.333 e. The Labute approximate surface area is 172 Å². The van der Waals surface area contributed by atoms with Crippen LogP contribution in [-0.2, 0) is 6.54 Å². The third kappa shape index (κ3) is 4.12. The third-order valence-corrected chi connectivity index (χ3v) is 4.87. The fourth-order valence-electron chi connectivity index (χ4n) is 3.31. The van der Waals surface area contributed by atoms with Crippen LogP contribution in [0.25, 0.3) is 11.1 Å². The number of carbonyl (C=O) groups excluding carboxylic acids is 1. The molecule has 30 heavy (non-hydrogen) atoms. The van der Waals surface area contributed by atoms with Crippen LogP contribution in [0.4, 0.5) is 14.5 Å². The summed E-state index contributed by atoms with van der Waals surface area (Å²) in [5, 5.41) is 2.55. The van der Waals surface area contributed by atoms with Gasteiger partial charge in [0.1, 0.15) is 17.2 Å². The Balaban J connectivity index is 1.54. The lowest BCUT2D eigenvalue weighted by Gasteiger charge is -2.11.